The highest BCUT2D eigenvalue weighted by molar-refractivity contribution is 5.79. The Morgan fingerprint density at radius 2 is 1.79 bits per heavy atom. The van der Waals surface area contributed by atoms with Gasteiger partial charge in [-0.3, -0.25) is 4.99 Å². The number of nitrogens with zero attached hydrogens (tertiary/aromatic N) is 2. The van der Waals surface area contributed by atoms with Crippen LogP contribution in [0.4, 0.5) is 0 Å². The van der Waals surface area contributed by atoms with Crippen LogP contribution in [0.3, 0.4) is 0 Å². The molecule has 0 aliphatic carbocycles. The van der Waals surface area contributed by atoms with Gasteiger partial charge in [0.25, 0.3) is 0 Å². The number of aliphatic imine (C=N–C) groups is 1. The molecule has 4 heteroatoms. The lowest BCUT2D eigenvalue weighted by Crippen LogP contribution is -2.44. The summed E-state index contributed by atoms with van der Waals surface area (Å²) < 4.78 is 0. The number of rotatable bonds is 7. The fraction of sp³-hybridized carbons (Fsp3) is 0.458. The van der Waals surface area contributed by atoms with Gasteiger partial charge < -0.3 is 15.5 Å². The first kappa shape index (κ1) is 20.4. The molecule has 1 aliphatic rings. The van der Waals surface area contributed by atoms with Gasteiger partial charge in [-0.25, -0.2) is 0 Å². The van der Waals surface area contributed by atoms with E-state index >= 15 is 0 Å². The van der Waals surface area contributed by atoms with Crippen molar-refractivity contribution in [2.75, 3.05) is 40.3 Å². The molecule has 28 heavy (non-hydrogen) atoms. The van der Waals surface area contributed by atoms with Gasteiger partial charge in [0, 0.05) is 32.6 Å². The molecule has 0 bridgehead atoms. The molecule has 2 N–H and O–H groups in total. The summed E-state index contributed by atoms with van der Waals surface area (Å²) in [6, 6.07) is 21.5. The third-order valence-corrected chi connectivity index (χ3v) is 5.62. The number of benzene rings is 2. The zero-order valence-electron chi connectivity index (χ0n) is 17.3. The highest BCUT2D eigenvalue weighted by atomic mass is 15.2. The maximum Gasteiger partial charge on any atom is 0.191 e. The SMILES string of the molecule is CN=C(NCC1CCCN(C)C1)NCC(Cc1ccccc1)c1ccccc1. The molecular weight excluding hydrogens is 344 g/mol. The Morgan fingerprint density at radius 3 is 2.46 bits per heavy atom. The first-order chi connectivity index (χ1) is 13.7. The fourth-order valence-electron chi connectivity index (χ4n) is 4.05. The normalized spacial score (nSPS) is 19.2. The first-order valence-electron chi connectivity index (χ1n) is 10.5. The van der Waals surface area contributed by atoms with E-state index in [9.17, 15) is 0 Å². The molecule has 2 aromatic rings. The molecule has 1 aliphatic heterocycles. The Labute approximate surface area is 170 Å². The summed E-state index contributed by atoms with van der Waals surface area (Å²) in [5.41, 5.74) is 2.73. The molecule has 1 fully saturated rings. The van der Waals surface area contributed by atoms with Crippen LogP contribution >= 0.6 is 0 Å². The van der Waals surface area contributed by atoms with Crippen LogP contribution in [-0.4, -0.2) is 51.1 Å². The number of hydrogen-bond acceptors (Lipinski definition) is 2. The van der Waals surface area contributed by atoms with E-state index in [0.717, 1.165) is 25.5 Å². The second kappa shape index (κ2) is 10.9. The summed E-state index contributed by atoms with van der Waals surface area (Å²) in [7, 11) is 4.07. The quantitative estimate of drug-likeness (QED) is 0.572. The largest absolute Gasteiger partial charge is 0.356 e. The Balaban J connectivity index is 1.57. The molecule has 0 saturated carbocycles. The van der Waals surface area contributed by atoms with Crippen molar-refractivity contribution in [2.24, 2.45) is 10.9 Å². The van der Waals surface area contributed by atoms with Gasteiger partial charge in [-0.15, -0.1) is 0 Å². The predicted octanol–water partition coefficient (Wildman–Crippen LogP) is 3.52. The molecule has 0 radical (unpaired) electrons. The van der Waals surface area contributed by atoms with Gasteiger partial charge in [0.2, 0.25) is 0 Å². The molecular formula is C24H34N4. The second-order valence-electron chi connectivity index (χ2n) is 7.90. The number of nitrogens with one attached hydrogen (secondary N) is 2. The van der Waals surface area contributed by atoms with Crippen LogP contribution in [0, 0.1) is 5.92 Å². The van der Waals surface area contributed by atoms with Gasteiger partial charge in [0.1, 0.15) is 0 Å². The van der Waals surface area contributed by atoms with Gasteiger partial charge >= 0.3 is 0 Å². The minimum absolute atomic E-state index is 0.406. The summed E-state index contributed by atoms with van der Waals surface area (Å²) in [4.78, 5) is 6.87. The summed E-state index contributed by atoms with van der Waals surface area (Å²) in [5, 5.41) is 7.11. The van der Waals surface area contributed by atoms with Gasteiger partial charge in [-0.05, 0) is 49.9 Å². The zero-order valence-corrected chi connectivity index (χ0v) is 17.3. The second-order valence-corrected chi connectivity index (χ2v) is 7.90. The summed E-state index contributed by atoms with van der Waals surface area (Å²) >= 11 is 0. The van der Waals surface area contributed by atoms with E-state index in [1.54, 1.807) is 0 Å². The zero-order chi connectivity index (χ0) is 19.6. The average Bonchev–Trinajstić information content (AvgIpc) is 2.74. The Hall–Kier alpha value is -2.33. The molecule has 1 heterocycles. The summed E-state index contributed by atoms with van der Waals surface area (Å²) in [6.45, 7) is 4.24. The fourth-order valence-corrected chi connectivity index (χ4v) is 4.05. The Morgan fingerprint density at radius 1 is 1.07 bits per heavy atom. The van der Waals surface area contributed by atoms with Gasteiger partial charge in [-0.1, -0.05) is 60.7 Å². The number of guanidine groups is 1. The van der Waals surface area contributed by atoms with E-state index in [4.69, 9.17) is 0 Å². The summed E-state index contributed by atoms with van der Waals surface area (Å²) in [5.74, 6) is 2.01. The van der Waals surface area contributed by atoms with Gasteiger partial charge in [-0.2, -0.15) is 0 Å². The lowest BCUT2D eigenvalue weighted by molar-refractivity contribution is 0.210. The van der Waals surface area contributed by atoms with Crippen LogP contribution in [-0.2, 0) is 6.42 Å². The summed E-state index contributed by atoms with van der Waals surface area (Å²) in [6.07, 6.45) is 3.61. The lowest BCUT2D eigenvalue weighted by atomic mass is 9.92. The van der Waals surface area contributed by atoms with Crippen LogP contribution in [0.1, 0.15) is 29.9 Å². The Kier molecular flexibility index (Phi) is 7.92. The third-order valence-electron chi connectivity index (χ3n) is 5.62. The van der Waals surface area contributed by atoms with Crippen molar-refractivity contribution in [3.63, 3.8) is 0 Å². The van der Waals surface area contributed by atoms with Crippen molar-refractivity contribution >= 4 is 5.96 Å². The first-order valence-corrected chi connectivity index (χ1v) is 10.5. The highest BCUT2D eigenvalue weighted by Gasteiger charge is 2.18. The van der Waals surface area contributed by atoms with Crippen LogP contribution < -0.4 is 10.6 Å². The maximum atomic E-state index is 4.44. The predicted molar refractivity (Wildman–Crippen MR) is 119 cm³/mol. The van der Waals surface area contributed by atoms with Crippen molar-refractivity contribution in [1.82, 2.24) is 15.5 Å². The molecule has 2 atom stereocenters. The van der Waals surface area contributed by atoms with Crippen LogP contribution in [0.2, 0.25) is 0 Å². The monoisotopic (exact) mass is 378 g/mol. The molecule has 0 amide bonds. The van der Waals surface area contributed by atoms with Gasteiger partial charge in [0.05, 0.1) is 0 Å². The molecule has 0 aromatic heterocycles. The molecule has 2 aromatic carbocycles. The van der Waals surface area contributed by atoms with Crippen molar-refractivity contribution < 1.29 is 0 Å². The van der Waals surface area contributed by atoms with Gasteiger partial charge in [0.15, 0.2) is 5.96 Å². The van der Waals surface area contributed by atoms with Crippen LogP contribution in [0.25, 0.3) is 0 Å². The van der Waals surface area contributed by atoms with Crippen LogP contribution in [0.5, 0.6) is 0 Å². The number of hydrogen-bond donors (Lipinski definition) is 2. The van der Waals surface area contributed by atoms with E-state index in [0.29, 0.717) is 11.8 Å². The topological polar surface area (TPSA) is 39.7 Å². The molecule has 150 valence electrons. The third kappa shape index (κ3) is 6.38. The van der Waals surface area contributed by atoms with E-state index < -0.39 is 0 Å². The molecule has 2 unspecified atom stereocenters. The molecule has 3 rings (SSSR count). The molecule has 4 nitrogen and oxygen atoms in total. The lowest BCUT2D eigenvalue weighted by Gasteiger charge is -2.30. The van der Waals surface area contributed by atoms with Crippen molar-refractivity contribution in [3.05, 3.63) is 71.8 Å². The average molecular weight is 379 g/mol. The minimum atomic E-state index is 0.406. The number of likely N-dealkylation sites (tertiary alicyclic amines) is 1. The maximum absolute atomic E-state index is 4.44. The van der Waals surface area contributed by atoms with Crippen molar-refractivity contribution in [1.29, 1.82) is 0 Å². The van der Waals surface area contributed by atoms with E-state index in [-0.39, 0.29) is 0 Å². The molecule has 0 spiro atoms. The highest BCUT2D eigenvalue weighted by Crippen LogP contribution is 2.20. The standard InChI is InChI=1S/C24H34N4/c1-25-24(26-17-21-12-9-15-28(2)19-21)27-18-23(22-13-7-4-8-14-22)16-20-10-5-3-6-11-20/h3-8,10-11,13-14,21,23H,9,12,15-19H2,1-2H3,(H2,25,26,27). The minimum Gasteiger partial charge on any atom is -0.356 e. The molecule has 1 saturated heterocycles. The van der Waals surface area contributed by atoms with E-state index in [1.807, 2.05) is 7.05 Å². The van der Waals surface area contributed by atoms with Crippen LogP contribution in [0.15, 0.2) is 65.7 Å². The smallest absolute Gasteiger partial charge is 0.191 e. The number of piperidine rings is 1. The van der Waals surface area contributed by atoms with E-state index in [1.165, 1.54) is 37.1 Å². The van der Waals surface area contributed by atoms with Crippen molar-refractivity contribution in [2.45, 2.75) is 25.2 Å². The van der Waals surface area contributed by atoms with Crippen molar-refractivity contribution in [3.8, 4) is 0 Å². The Bertz CT molecular complexity index is 714. The van der Waals surface area contributed by atoms with E-state index in [2.05, 4.69) is 88.2 Å².